The van der Waals surface area contributed by atoms with Crippen LogP contribution in [0, 0.1) is 5.41 Å². The Labute approximate surface area is 89.9 Å². The Morgan fingerprint density at radius 1 is 1.60 bits per heavy atom. The molecule has 1 aromatic rings. The van der Waals surface area contributed by atoms with Gasteiger partial charge in [0.05, 0.1) is 12.1 Å². The van der Waals surface area contributed by atoms with E-state index in [1.807, 2.05) is 33.9 Å². The van der Waals surface area contributed by atoms with Gasteiger partial charge < -0.3 is 5.11 Å². The second-order valence-electron chi connectivity index (χ2n) is 4.77. The Morgan fingerprint density at radius 2 is 2.20 bits per heavy atom. The van der Waals surface area contributed by atoms with E-state index in [0.717, 1.165) is 12.1 Å². The van der Waals surface area contributed by atoms with Crippen molar-refractivity contribution in [1.29, 1.82) is 0 Å². The predicted molar refractivity (Wildman–Crippen MR) is 57.7 cm³/mol. The van der Waals surface area contributed by atoms with Crippen molar-refractivity contribution < 1.29 is 9.90 Å². The summed E-state index contributed by atoms with van der Waals surface area (Å²) in [7, 11) is 0. The molecule has 1 aromatic heterocycles. The maximum absolute atomic E-state index is 11.2. The first-order valence-corrected chi connectivity index (χ1v) is 5.11. The maximum Gasteiger partial charge on any atom is 0.311 e. The van der Waals surface area contributed by atoms with Crippen molar-refractivity contribution in [1.82, 2.24) is 9.78 Å². The molecule has 15 heavy (non-hydrogen) atoms. The van der Waals surface area contributed by atoms with Gasteiger partial charge in [0, 0.05) is 18.3 Å². The fraction of sp³-hybridized carbons (Fsp3) is 0.636. The fourth-order valence-electron chi connectivity index (χ4n) is 1.71. The molecule has 0 aromatic carbocycles. The number of hydrogen-bond acceptors (Lipinski definition) is 2. The molecule has 1 atom stereocenters. The standard InChI is InChI=1S/C11H18N2O2/c1-5-13-7-8(6-12-13)9(10(14)15)11(2,3)4/h6-7,9H,5H2,1-4H3,(H,14,15). The van der Waals surface area contributed by atoms with Gasteiger partial charge in [0.15, 0.2) is 0 Å². The van der Waals surface area contributed by atoms with Gasteiger partial charge in [0.25, 0.3) is 0 Å². The Hall–Kier alpha value is -1.32. The minimum atomic E-state index is -0.793. The minimum Gasteiger partial charge on any atom is -0.481 e. The zero-order chi connectivity index (χ0) is 11.6. The molecule has 1 rings (SSSR count). The summed E-state index contributed by atoms with van der Waals surface area (Å²) in [4.78, 5) is 11.2. The smallest absolute Gasteiger partial charge is 0.311 e. The fourth-order valence-corrected chi connectivity index (χ4v) is 1.71. The molecule has 1 unspecified atom stereocenters. The molecular formula is C11H18N2O2. The highest BCUT2D eigenvalue weighted by molar-refractivity contribution is 5.76. The van der Waals surface area contributed by atoms with Crippen LogP contribution in [-0.4, -0.2) is 20.9 Å². The van der Waals surface area contributed by atoms with Crippen LogP contribution < -0.4 is 0 Å². The lowest BCUT2D eigenvalue weighted by molar-refractivity contribution is -0.141. The predicted octanol–water partition coefficient (Wildman–Crippen LogP) is 2.12. The molecule has 0 radical (unpaired) electrons. The summed E-state index contributed by atoms with van der Waals surface area (Å²) >= 11 is 0. The third kappa shape index (κ3) is 2.58. The minimum absolute atomic E-state index is 0.298. The summed E-state index contributed by atoms with van der Waals surface area (Å²) in [5, 5.41) is 13.3. The molecule has 0 aliphatic carbocycles. The lowest BCUT2D eigenvalue weighted by Gasteiger charge is -2.25. The van der Waals surface area contributed by atoms with Crippen molar-refractivity contribution >= 4 is 5.97 Å². The number of carbonyl (C=O) groups is 1. The monoisotopic (exact) mass is 210 g/mol. The van der Waals surface area contributed by atoms with Gasteiger partial charge in [0.1, 0.15) is 0 Å². The summed E-state index contributed by atoms with van der Waals surface area (Å²) in [6.07, 6.45) is 3.46. The molecule has 1 N–H and O–H groups in total. The SMILES string of the molecule is CCn1cc(C(C(=O)O)C(C)(C)C)cn1. The molecule has 0 saturated carbocycles. The molecule has 84 valence electrons. The largest absolute Gasteiger partial charge is 0.481 e. The van der Waals surface area contributed by atoms with Gasteiger partial charge in [-0.2, -0.15) is 5.10 Å². The van der Waals surface area contributed by atoms with Crippen molar-refractivity contribution in [3.05, 3.63) is 18.0 Å². The molecule has 4 nitrogen and oxygen atoms in total. The summed E-state index contributed by atoms with van der Waals surface area (Å²) < 4.78 is 1.75. The van der Waals surface area contributed by atoms with E-state index in [-0.39, 0.29) is 5.41 Å². The van der Waals surface area contributed by atoms with Gasteiger partial charge in [0.2, 0.25) is 0 Å². The van der Waals surface area contributed by atoms with Crippen LogP contribution in [0.1, 0.15) is 39.2 Å². The third-order valence-electron chi connectivity index (χ3n) is 2.42. The van der Waals surface area contributed by atoms with Gasteiger partial charge >= 0.3 is 5.97 Å². The van der Waals surface area contributed by atoms with Crippen molar-refractivity contribution in [2.45, 2.75) is 40.2 Å². The van der Waals surface area contributed by atoms with E-state index < -0.39 is 11.9 Å². The number of carboxylic acids is 1. The second kappa shape index (κ2) is 4.04. The first-order chi connectivity index (χ1) is 6.86. The van der Waals surface area contributed by atoms with Gasteiger partial charge in [-0.05, 0) is 12.3 Å². The topological polar surface area (TPSA) is 55.1 Å². The number of aliphatic carboxylic acids is 1. The number of nitrogens with zero attached hydrogens (tertiary/aromatic N) is 2. The second-order valence-corrected chi connectivity index (χ2v) is 4.77. The lowest BCUT2D eigenvalue weighted by atomic mass is 9.77. The van der Waals surface area contributed by atoms with E-state index in [2.05, 4.69) is 5.10 Å². The molecule has 0 bridgehead atoms. The normalized spacial score (nSPS) is 13.9. The first-order valence-electron chi connectivity index (χ1n) is 5.11. The Balaban J connectivity index is 3.05. The zero-order valence-corrected chi connectivity index (χ0v) is 9.69. The van der Waals surface area contributed by atoms with Crippen LogP contribution in [0.4, 0.5) is 0 Å². The van der Waals surface area contributed by atoms with Gasteiger partial charge in [-0.1, -0.05) is 20.8 Å². The molecule has 0 amide bonds. The number of aromatic nitrogens is 2. The Morgan fingerprint density at radius 3 is 2.53 bits per heavy atom. The van der Waals surface area contributed by atoms with Crippen LogP contribution in [0.2, 0.25) is 0 Å². The van der Waals surface area contributed by atoms with E-state index in [1.165, 1.54) is 0 Å². The molecule has 0 aliphatic rings. The number of hydrogen-bond donors (Lipinski definition) is 1. The molecular weight excluding hydrogens is 192 g/mol. The van der Waals surface area contributed by atoms with Crippen LogP contribution in [0.5, 0.6) is 0 Å². The van der Waals surface area contributed by atoms with E-state index >= 15 is 0 Å². The van der Waals surface area contributed by atoms with E-state index in [0.29, 0.717) is 0 Å². The van der Waals surface area contributed by atoms with Crippen LogP contribution in [0.3, 0.4) is 0 Å². The molecule has 1 heterocycles. The number of carboxylic acid groups (broad SMARTS) is 1. The highest BCUT2D eigenvalue weighted by Gasteiger charge is 2.33. The van der Waals surface area contributed by atoms with Gasteiger partial charge in [-0.15, -0.1) is 0 Å². The maximum atomic E-state index is 11.2. The van der Waals surface area contributed by atoms with Crippen LogP contribution in [0.25, 0.3) is 0 Å². The lowest BCUT2D eigenvalue weighted by Crippen LogP contribution is -2.25. The average molecular weight is 210 g/mol. The van der Waals surface area contributed by atoms with E-state index in [9.17, 15) is 9.90 Å². The molecule has 0 saturated heterocycles. The van der Waals surface area contributed by atoms with Gasteiger partial charge in [-0.25, -0.2) is 0 Å². The quantitative estimate of drug-likeness (QED) is 0.831. The first kappa shape index (κ1) is 11.8. The number of aryl methyl sites for hydroxylation is 1. The molecule has 0 aliphatic heterocycles. The third-order valence-corrected chi connectivity index (χ3v) is 2.42. The molecule has 0 fully saturated rings. The number of rotatable bonds is 3. The van der Waals surface area contributed by atoms with Crippen LogP contribution in [-0.2, 0) is 11.3 Å². The van der Waals surface area contributed by atoms with Crippen molar-refractivity contribution in [3.8, 4) is 0 Å². The van der Waals surface area contributed by atoms with Gasteiger partial charge in [-0.3, -0.25) is 9.48 Å². The Bertz CT molecular complexity index is 350. The highest BCUT2D eigenvalue weighted by Crippen LogP contribution is 2.34. The molecule has 4 heteroatoms. The van der Waals surface area contributed by atoms with E-state index in [4.69, 9.17) is 0 Å². The van der Waals surface area contributed by atoms with Crippen molar-refractivity contribution in [2.24, 2.45) is 5.41 Å². The summed E-state index contributed by atoms with van der Waals surface area (Å²) in [6, 6.07) is 0. The van der Waals surface area contributed by atoms with Crippen molar-refractivity contribution in [2.75, 3.05) is 0 Å². The molecule has 0 spiro atoms. The summed E-state index contributed by atoms with van der Waals surface area (Å²) in [5.41, 5.74) is 0.477. The average Bonchev–Trinajstić information content (AvgIpc) is 2.49. The van der Waals surface area contributed by atoms with Crippen LogP contribution in [0.15, 0.2) is 12.4 Å². The summed E-state index contributed by atoms with van der Waals surface area (Å²) in [6.45, 7) is 8.51. The highest BCUT2D eigenvalue weighted by atomic mass is 16.4. The Kier molecular flexibility index (Phi) is 3.17. The van der Waals surface area contributed by atoms with Crippen LogP contribution >= 0.6 is 0 Å². The summed E-state index contributed by atoms with van der Waals surface area (Å²) in [5.74, 6) is -1.30. The van der Waals surface area contributed by atoms with Crippen molar-refractivity contribution in [3.63, 3.8) is 0 Å². The van der Waals surface area contributed by atoms with E-state index in [1.54, 1.807) is 10.9 Å². The zero-order valence-electron chi connectivity index (χ0n) is 9.69.